The molecule has 0 bridgehead atoms. The molecule has 1 heterocycles. The van der Waals surface area contributed by atoms with E-state index in [1.54, 1.807) is 11.8 Å². The number of hydrogen-bond donors (Lipinski definition) is 1. The van der Waals surface area contributed by atoms with Crippen molar-refractivity contribution in [3.8, 4) is 11.1 Å². The van der Waals surface area contributed by atoms with Crippen molar-refractivity contribution in [1.29, 1.82) is 0 Å². The molecule has 0 unspecified atom stereocenters. The Morgan fingerprint density at radius 2 is 1.84 bits per heavy atom. The molecule has 3 rings (SSSR count). The SMILES string of the molecule is CCc1[nH]c2ccc(SC)cc2c1-c1ccccc1. The van der Waals surface area contributed by atoms with E-state index < -0.39 is 0 Å². The largest absolute Gasteiger partial charge is 0.358 e. The van der Waals surface area contributed by atoms with Gasteiger partial charge in [-0.25, -0.2) is 0 Å². The fourth-order valence-electron chi connectivity index (χ4n) is 2.55. The van der Waals surface area contributed by atoms with E-state index in [1.165, 1.54) is 32.6 Å². The zero-order chi connectivity index (χ0) is 13.2. The van der Waals surface area contributed by atoms with Crippen LogP contribution in [0.3, 0.4) is 0 Å². The van der Waals surface area contributed by atoms with Crippen LogP contribution in [0.5, 0.6) is 0 Å². The van der Waals surface area contributed by atoms with Crippen LogP contribution in [0.25, 0.3) is 22.0 Å². The van der Waals surface area contributed by atoms with Crippen molar-refractivity contribution >= 4 is 22.7 Å². The second-order valence-corrected chi connectivity index (χ2v) is 5.49. The molecule has 0 atom stereocenters. The number of aromatic amines is 1. The zero-order valence-electron chi connectivity index (χ0n) is 11.2. The molecule has 3 aromatic rings. The van der Waals surface area contributed by atoms with Crippen molar-refractivity contribution in [2.75, 3.05) is 6.26 Å². The maximum atomic E-state index is 3.55. The summed E-state index contributed by atoms with van der Waals surface area (Å²) in [7, 11) is 0. The maximum Gasteiger partial charge on any atom is 0.0463 e. The van der Waals surface area contributed by atoms with Crippen LogP contribution < -0.4 is 0 Å². The number of rotatable bonds is 3. The predicted molar refractivity (Wildman–Crippen MR) is 84.9 cm³/mol. The molecule has 19 heavy (non-hydrogen) atoms. The Hall–Kier alpha value is -1.67. The highest BCUT2D eigenvalue weighted by Crippen LogP contribution is 2.34. The van der Waals surface area contributed by atoms with E-state index in [1.807, 2.05) is 0 Å². The lowest BCUT2D eigenvalue weighted by Gasteiger charge is -2.04. The summed E-state index contributed by atoms with van der Waals surface area (Å²) in [6.45, 7) is 2.20. The van der Waals surface area contributed by atoms with Crippen molar-refractivity contribution in [2.24, 2.45) is 0 Å². The van der Waals surface area contributed by atoms with Crippen LogP contribution in [0, 0.1) is 0 Å². The molecule has 1 N–H and O–H groups in total. The molecular weight excluding hydrogens is 250 g/mol. The Morgan fingerprint density at radius 3 is 2.53 bits per heavy atom. The summed E-state index contributed by atoms with van der Waals surface area (Å²) in [4.78, 5) is 4.87. The molecule has 0 aliphatic rings. The predicted octanol–water partition coefficient (Wildman–Crippen LogP) is 5.12. The van der Waals surface area contributed by atoms with Gasteiger partial charge >= 0.3 is 0 Å². The van der Waals surface area contributed by atoms with E-state index in [9.17, 15) is 0 Å². The van der Waals surface area contributed by atoms with Gasteiger partial charge in [0.25, 0.3) is 0 Å². The smallest absolute Gasteiger partial charge is 0.0463 e. The van der Waals surface area contributed by atoms with Crippen molar-refractivity contribution < 1.29 is 0 Å². The Kier molecular flexibility index (Phi) is 3.34. The molecule has 0 spiro atoms. The molecule has 0 amide bonds. The fraction of sp³-hybridized carbons (Fsp3) is 0.176. The van der Waals surface area contributed by atoms with E-state index in [-0.39, 0.29) is 0 Å². The molecule has 2 heteroatoms. The number of benzene rings is 2. The van der Waals surface area contributed by atoms with Gasteiger partial charge in [0.05, 0.1) is 0 Å². The van der Waals surface area contributed by atoms with Gasteiger partial charge in [-0.2, -0.15) is 0 Å². The van der Waals surface area contributed by atoms with Crippen molar-refractivity contribution in [3.63, 3.8) is 0 Å². The van der Waals surface area contributed by atoms with Gasteiger partial charge in [-0.05, 0) is 36.4 Å². The Bertz CT molecular complexity index is 698. The van der Waals surface area contributed by atoms with Crippen LogP contribution >= 0.6 is 11.8 Å². The minimum Gasteiger partial charge on any atom is -0.358 e. The second-order valence-electron chi connectivity index (χ2n) is 4.61. The number of nitrogens with one attached hydrogen (secondary N) is 1. The molecule has 0 aliphatic heterocycles. The topological polar surface area (TPSA) is 15.8 Å². The van der Waals surface area contributed by atoms with Crippen LogP contribution in [0.2, 0.25) is 0 Å². The Balaban J connectivity index is 2.31. The highest BCUT2D eigenvalue weighted by atomic mass is 32.2. The number of fused-ring (bicyclic) bond motifs is 1. The van der Waals surface area contributed by atoms with Crippen LogP contribution in [-0.2, 0) is 6.42 Å². The first-order chi connectivity index (χ1) is 9.33. The van der Waals surface area contributed by atoms with Crippen molar-refractivity contribution in [3.05, 3.63) is 54.2 Å². The van der Waals surface area contributed by atoms with E-state index in [0.29, 0.717) is 0 Å². The molecule has 2 aromatic carbocycles. The number of hydrogen-bond acceptors (Lipinski definition) is 1. The van der Waals surface area contributed by atoms with Gasteiger partial charge in [-0.3, -0.25) is 0 Å². The molecule has 0 fully saturated rings. The van der Waals surface area contributed by atoms with Gasteiger partial charge in [0.15, 0.2) is 0 Å². The minimum absolute atomic E-state index is 1.02. The summed E-state index contributed by atoms with van der Waals surface area (Å²) >= 11 is 1.79. The normalized spacial score (nSPS) is 11.1. The standard InChI is InChI=1S/C17H17NS/c1-3-15-17(12-7-5-4-6-8-12)14-11-13(19-2)9-10-16(14)18-15/h4-11,18H,3H2,1-2H3. The van der Waals surface area contributed by atoms with Gasteiger partial charge in [0, 0.05) is 27.1 Å². The third kappa shape index (κ3) is 2.17. The van der Waals surface area contributed by atoms with Gasteiger partial charge in [0.2, 0.25) is 0 Å². The van der Waals surface area contributed by atoms with Gasteiger partial charge in [0.1, 0.15) is 0 Å². The number of aromatic nitrogens is 1. The monoisotopic (exact) mass is 267 g/mol. The lowest BCUT2D eigenvalue weighted by molar-refractivity contribution is 1.08. The lowest BCUT2D eigenvalue weighted by atomic mass is 10.0. The first-order valence-electron chi connectivity index (χ1n) is 6.57. The number of aryl methyl sites for hydroxylation is 1. The van der Waals surface area contributed by atoms with Crippen molar-refractivity contribution in [1.82, 2.24) is 4.98 Å². The summed E-state index contributed by atoms with van der Waals surface area (Å²) in [5.74, 6) is 0. The summed E-state index contributed by atoms with van der Waals surface area (Å²) in [5.41, 5.74) is 5.20. The maximum absolute atomic E-state index is 3.55. The van der Waals surface area contributed by atoms with Crippen molar-refractivity contribution in [2.45, 2.75) is 18.2 Å². The van der Waals surface area contributed by atoms with Gasteiger partial charge in [-0.1, -0.05) is 37.3 Å². The van der Waals surface area contributed by atoms with E-state index in [0.717, 1.165) is 6.42 Å². The summed E-state index contributed by atoms with van der Waals surface area (Å²) < 4.78 is 0. The molecule has 0 aliphatic carbocycles. The van der Waals surface area contributed by atoms with Crippen LogP contribution in [-0.4, -0.2) is 11.2 Å². The molecule has 1 aromatic heterocycles. The number of H-pyrrole nitrogens is 1. The molecule has 0 saturated carbocycles. The average Bonchev–Trinajstić information content (AvgIpc) is 2.85. The van der Waals surface area contributed by atoms with Crippen LogP contribution in [0.15, 0.2) is 53.4 Å². The quantitative estimate of drug-likeness (QED) is 0.651. The minimum atomic E-state index is 1.02. The zero-order valence-corrected chi connectivity index (χ0v) is 12.1. The summed E-state index contributed by atoms with van der Waals surface area (Å²) in [6, 6.07) is 17.3. The highest BCUT2D eigenvalue weighted by Gasteiger charge is 2.12. The molecule has 96 valence electrons. The average molecular weight is 267 g/mol. The molecule has 1 nitrogen and oxygen atoms in total. The van der Waals surface area contributed by atoms with Gasteiger partial charge in [-0.15, -0.1) is 11.8 Å². The van der Waals surface area contributed by atoms with E-state index >= 15 is 0 Å². The van der Waals surface area contributed by atoms with E-state index in [2.05, 4.69) is 66.7 Å². The molecule has 0 radical (unpaired) electrons. The molecule has 0 saturated heterocycles. The Labute approximate surface area is 118 Å². The first-order valence-corrected chi connectivity index (χ1v) is 7.80. The first kappa shape index (κ1) is 12.4. The third-order valence-corrected chi connectivity index (χ3v) is 4.22. The second kappa shape index (κ2) is 5.14. The Morgan fingerprint density at radius 1 is 1.05 bits per heavy atom. The molecular formula is C17H17NS. The van der Waals surface area contributed by atoms with Crippen LogP contribution in [0.1, 0.15) is 12.6 Å². The fourth-order valence-corrected chi connectivity index (χ4v) is 2.99. The third-order valence-electron chi connectivity index (χ3n) is 3.50. The highest BCUT2D eigenvalue weighted by molar-refractivity contribution is 7.98. The summed E-state index contributed by atoms with van der Waals surface area (Å²) in [5, 5.41) is 1.33. The van der Waals surface area contributed by atoms with E-state index in [4.69, 9.17) is 0 Å². The van der Waals surface area contributed by atoms with Gasteiger partial charge < -0.3 is 4.98 Å². The number of thioether (sulfide) groups is 1. The lowest BCUT2D eigenvalue weighted by Crippen LogP contribution is -1.84. The summed E-state index contributed by atoms with van der Waals surface area (Å²) in [6.07, 6.45) is 3.14. The van der Waals surface area contributed by atoms with Crippen LogP contribution in [0.4, 0.5) is 0 Å².